The summed E-state index contributed by atoms with van der Waals surface area (Å²) in [5.41, 5.74) is 5.11. The fourth-order valence-corrected chi connectivity index (χ4v) is 1.92. The minimum atomic E-state index is 0.104. The number of rotatable bonds is 6. The number of hydrogen-bond acceptors (Lipinski definition) is 3. The Morgan fingerprint density at radius 3 is 2.61 bits per heavy atom. The molecule has 1 rings (SSSR count). The second-order valence-electron chi connectivity index (χ2n) is 4.41. The minimum Gasteiger partial charge on any atom is -0.339 e. The second kappa shape index (κ2) is 7.01. The molecule has 1 aromatic carbocycles. The molecule has 4 nitrogen and oxygen atoms in total. The van der Waals surface area contributed by atoms with Crippen LogP contribution >= 0.6 is 0 Å². The van der Waals surface area contributed by atoms with Crippen molar-refractivity contribution in [3.8, 4) is 0 Å². The molecule has 100 valence electrons. The Hall–Kier alpha value is -1.55. The SMILES string of the molecule is CCCCN(CC)C(=O)c1ccc(NN)cc1C. The largest absolute Gasteiger partial charge is 0.339 e. The summed E-state index contributed by atoms with van der Waals surface area (Å²) in [4.78, 5) is 14.3. The smallest absolute Gasteiger partial charge is 0.254 e. The Balaban J connectivity index is 2.87. The Kier molecular flexibility index (Phi) is 5.65. The molecule has 3 N–H and O–H groups in total. The molecule has 1 aromatic rings. The van der Waals surface area contributed by atoms with E-state index in [2.05, 4.69) is 12.3 Å². The highest BCUT2D eigenvalue weighted by molar-refractivity contribution is 5.96. The number of aryl methyl sites for hydroxylation is 1. The summed E-state index contributed by atoms with van der Waals surface area (Å²) in [6, 6.07) is 5.55. The molecular weight excluding hydrogens is 226 g/mol. The number of carbonyl (C=O) groups is 1. The molecule has 0 heterocycles. The van der Waals surface area contributed by atoms with E-state index in [4.69, 9.17) is 5.84 Å². The molecule has 0 saturated heterocycles. The van der Waals surface area contributed by atoms with Crippen molar-refractivity contribution < 1.29 is 4.79 Å². The highest BCUT2D eigenvalue weighted by Gasteiger charge is 2.15. The normalized spacial score (nSPS) is 10.2. The van der Waals surface area contributed by atoms with Crippen LogP contribution < -0.4 is 11.3 Å². The zero-order chi connectivity index (χ0) is 13.5. The van der Waals surface area contributed by atoms with Crippen LogP contribution in [0.3, 0.4) is 0 Å². The van der Waals surface area contributed by atoms with Crippen molar-refractivity contribution in [2.45, 2.75) is 33.6 Å². The van der Waals surface area contributed by atoms with Crippen molar-refractivity contribution in [2.75, 3.05) is 18.5 Å². The van der Waals surface area contributed by atoms with E-state index in [0.29, 0.717) is 0 Å². The number of unbranched alkanes of at least 4 members (excludes halogenated alkanes) is 1. The van der Waals surface area contributed by atoms with E-state index in [-0.39, 0.29) is 5.91 Å². The number of carbonyl (C=O) groups excluding carboxylic acids is 1. The molecule has 0 aliphatic carbocycles. The molecule has 0 fully saturated rings. The molecule has 0 spiro atoms. The molecule has 4 heteroatoms. The Morgan fingerprint density at radius 2 is 2.11 bits per heavy atom. The third-order valence-corrected chi connectivity index (χ3v) is 3.07. The van der Waals surface area contributed by atoms with Gasteiger partial charge < -0.3 is 10.3 Å². The highest BCUT2D eigenvalue weighted by Crippen LogP contribution is 2.16. The summed E-state index contributed by atoms with van der Waals surface area (Å²) in [6.45, 7) is 7.64. The molecule has 0 saturated carbocycles. The summed E-state index contributed by atoms with van der Waals surface area (Å²) in [5, 5.41) is 0. The molecule has 18 heavy (non-hydrogen) atoms. The van der Waals surface area contributed by atoms with Crippen LogP contribution in [0.5, 0.6) is 0 Å². The molecule has 0 aliphatic heterocycles. The number of nitrogens with one attached hydrogen (secondary N) is 1. The lowest BCUT2D eigenvalue weighted by atomic mass is 10.1. The molecule has 0 atom stereocenters. The van der Waals surface area contributed by atoms with E-state index in [1.807, 2.05) is 36.9 Å². The van der Waals surface area contributed by atoms with E-state index in [1.54, 1.807) is 0 Å². The van der Waals surface area contributed by atoms with Crippen LogP contribution in [0, 0.1) is 6.92 Å². The van der Waals surface area contributed by atoms with Crippen molar-refractivity contribution in [1.82, 2.24) is 4.90 Å². The van der Waals surface area contributed by atoms with Crippen molar-refractivity contribution in [1.29, 1.82) is 0 Å². The van der Waals surface area contributed by atoms with Crippen LogP contribution in [0.25, 0.3) is 0 Å². The third kappa shape index (κ3) is 3.47. The fraction of sp³-hybridized carbons (Fsp3) is 0.500. The maximum atomic E-state index is 12.4. The number of amides is 1. The van der Waals surface area contributed by atoms with Gasteiger partial charge in [-0.05, 0) is 44.0 Å². The number of nitrogens with two attached hydrogens (primary N) is 1. The summed E-state index contributed by atoms with van der Waals surface area (Å²) in [5.74, 6) is 5.45. The molecule has 0 radical (unpaired) electrons. The second-order valence-corrected chi connectivity index (χ2v) is 4.41. The maximum absolute atomic E-state index is 12.4. The Morgan fingerprint density at radius 1 is 1.39 bits per heavy atom. The van der Waals surface area contributed by atoms with Gasteiger partial charge in [-0.2, -0.15) is 0 Å². The lowest BCUT2D eigenvalue weighted by Gasteiger charge is -2.21. The number of hydrazine groups is 1. The average molecular weight is 249 g/mol. The summed E-state index contributed by atoms with van der Waals surface area (Å²) >= 11 is 0. The first-order valence-corrected chi connectivity index (χ1v) is 6.50. The molecule has 0 aromatic heterocycles. The standard InChI is InChI=1S/C14H23N3O/c1-4-6-9-17(5-2)14(18)13-8-7-12(16-15)10-11(13)3/h7-8,10,16H,4-6,9,15H2,1-3H3. The zero-order valence-corrected chi connectivity index (χ0v) is 11.5. The number of nitrogen functional groups attached to an aromatic ring is 1. The third-order valence-electron chi connectivity index (χ3n) is 3.07. The molecular formula is C14H23N3O. The van der Waals surface area contributed by atoms with Gasteiger partial charge in [0, 0.05) is 24.3 Å². The molecule has 1 amide bonds. The van der Waals surface area contributed by atoms with Gasteiger partial charge in [0.1, 0.15) is 0 Å². The van der Waals surface area contributed by atoms with Crippen LogP contribution in [0.4, 0.5) is 5.69 Å². The number of anilines is 1. The van der Waals surface area contributed by atoms with Crippen molar-refractivity contribution >= 4 is 11.6 Å². The van der Waals surface area contributed by atoms with Gasteiger partial charge in [0.25, 0.3) is 5.91 Å². The van der Waals surface area contributed by atoms with Gasteiger partial charge >= 0.3 is 0 Å². The predicted molar refractivity (Wildman–Crippen MR) is 75.5 cm³/mol. The van der Waals surface area contributed by atoms with E-state index < -0.39 is 0 Å². The van der Waals surface area contributed by atoms with Crippen LogP contribution in [0.15, 0.2) is 18.2 Å². The van der Waals surface area contributed by atoms with Crippen LogP contribution in [0.1, 0.15) is 42.6 Å². The van der Waals surface area contributed by atoms with E-state index in [0.717, 1.165) is 42.7 Å². The first-order chi connectivity index (χ1) is 8.63. The van der Waals surface area contributed by atoms with Gasteiger partial charge in [-0.15, -0.1) is 0 Å². The van der Waals surface area contributed by atoms with Crippen molar-refractivity contribution in [3.63, 3.8) is 0 Å². The van der Waals surface area contributed by atoms with Gasteiger partial charge in [-0.3, -0.25) is 10.6 Å². The van der Waals surface area contributed by atoms with Crippen molar-refractivity contribution in [3.05, 3.63) is 29.3 Å². The van der Waals surface area contributed by atoms with Gasteiger partial charge in [0.05, 0.1) is 0 Å². The monoisotopic (exact) mass is 249 g/mol. The maximum Gasteiger partial charge on any atom is 0.254 e. The van der Waals surface area contributed by atoms with E-state index in [1.165, 1.54) is 0 Å². The lowest BCUT2D eigenvalue weighted by Crippen LogP contribution is -2.32. The van der Waals surface area contributed by atoms with E-state index >= 15 is 0 Å². The van der Waals surface area contributed by atoms with E-state index in [9.17, 15) is 4.79 Å². The first-order valence-electron chi connectivity index (χ1n) is 6.50. The minimum absolute atomic E-state index is 0.104. The topological polar surface area (TPSA) is 58.4 Å². The van der Waals surface area contributed by atoms with Crippen LogP contribution in [-0.2, 0) is 0 Å². The van der Waals surface area contributed by atoms with Gasteiger partial charge in [-0.1, -0.05) is 13.3 Å². The first kappa shape index (κ1) is 14.5. The summed E-state index contributed by atoms with van der Waals surface area (Å²) in [6.07, 6.45) is 2.14. The van der Waals surface area contributed by atoms with Gasteiger partial charge in [0.2, 0.25) is 0 Å². The van der Waals surface area contributed by atoms with Crippen LogP contribution in [-0.4, -0.2) is 23.9 Å². The molecule has 0 aliphatic rings. The Bertz CT molecular complexity index is 404. The lowest BCUT2D eigenvalue weighted by molar-refractivity contribution is 0.0761. The zero-order valence-electron chi connectivity index (χ0n) is 11.5. The quantitative estimate of drug-likeness (QED) is 0.601. The molecule has 0 bridgehead atoms. The van der Waals surface area contributed by atoms with Crippen molar-refractivity contribution in [2.24, 2.45) is 5.84 Å². The number of benzene rings is 1. The summed E-state index contributed by atoms with van der Waals surface area (Å²) in [7, 11) is 0. The fourth-order valence-electron chi connectivity index (χ4n) is 1.92. The van der Waals surface area contributed by atoms with Gasteiger partial charge in [0.15, 0.2) is 0 Å². The summed E-state index contributed by atoms with van der Waals surface area (Å²) < 4.78 is 0. The number of nitrogens with zero attached hydrogens (tertiary/aromatic N) is 1. The predicted octanol–water partition coefficient (Wildman–Crippen LogP) is 2.54. The van der Waals surface area contributed by atoms with Gasteiger partial charge in [-0.25, -0.2) is 0 Å². The van der Waals surface area contributed by atoms with Crippen LogP contribution in [0.2, 0.25) is 0 Å². The molecule has 0 unspecified atom stereocenters. The highest BCUT2D eigenvalue weighted by atomic mass is 16.2. The average Bonchev–Trinajstić information content (AvgIpc) is 2.39. The Labute approximate surface area is 109 Å². The number of hydrogen-bond donors (Lipinski definition) is 2.